The lowest BCUT2D eigenvalue weighted by Gasteiger charge is -1.98. The van der Waals surface area contributed by atoms with Gasteiger partial charge in [0.05, 0.1) is 17.1 Å². The first-order chi connectivity index (χ1) is 8.20. The molecule has 0 spiro atoms. The van der Waals surface area contributed by atoms with Crippen molar-refractivity contribution in [1.29, 1.82) is 0 Å². The van der Waals surface area contributed by atoms with Crippen LogP contribution in [0.1, 0.15) is 16.8 Å². The second-order valence-electron chi connectivity index (χ2n) is 3.55. The lowest BCUT2D eigenvalue weighted by Crippen LogP contribution is -1.99. The van der Waals surface area contributed by atoms with E-state index in [1.165, 1.54) is 11.3 Å². The minimum absolute atomic E-state index is 0.0158. The van der Waals surface area contributed by atoms with Crippen LogP contribution in [0.25, 0.3) is 11.3 Å². The van der Waals surface area contributed by atoms with Crippen molar-refractivity contribution in [1.82, 2.24) is 9.97 Å². The summed E-state index contributed by atoms with van der Waals surface area (Å²) in [5.74, 6) is -0.832. The first kappa shape index (κ1) is 11.7. The van der Waals surface area contributed by atoms with Gasteiger partial charge in [-0.2, -0.15) is 0 Å². The third-order valence-electron chi connectivity index (χ3n) is 2.29. The molecule has 0 saturated heterocycles. The average Bonchev–Trinajstić information content (AvgIpc) is 2.72. The Kier molecular flexibility index (Phi) is 3.49. The van der Waals surface area contributed by atoms with Gasteiger partial charge in [0.2, 0.25) is 0 Å². The Balaban J connectivity index is 2.44. The molecule has 88 valence electrons. The van der Waals surface area contributed by atoms with E-state index in [2.05, 4.69) is 9.97 Å². The van der Waals surface area contributed by atoms with Crippen molar-refractivity contribution in [3.8, 4) is 11.3 Å². The van der Waals surface area contributed by atoms with Crippen molar-refractivity contribution in [2.45, 2.75) is 19.8 Å². The van der Waals surface area contributed by atoms with Gasteiger partial charge in [0.1, 0.15) is 0 Å². The van der Waals surface area contributed by atoms with E-state index < -0.39 is 5.97 Å². The topological polar surface area (TPSA) is 63.1 Å². The largest absolute Gasteiger partial charge is 0.481 e. The Morgan fingerprint density at radius 1 is 1.53 bits per heavy atom. The van der Waals surface area contributed by atoms with E-state index in [0.29, 0.717) is 0 Å². The summed E-state index contributed by atoms with van der Waals surface area (Å²) >= 11 is 1.46. The number of carbonyl (C=O) groups is 1. The van der Waals surface area contributed by atoms with E-state index in [4.69, 9.17) is 5.11 Å². The smallest absolute Gasteiger partial charge is 0.308 e. The summed E-state index contributed by atoms with van der Waals surface area (Å²) in [5, 5.41) is 9.84. The molecule has 0 saturated carbocycles. The fourth-order valence-corrected chi connectivity index (χ4v) is 2.56. The number of aromatic nitrogens is 2. The second kappa shape index (κ2) is 5.05. The first-order valence-electron chi connectivity index (χ1n) is 5.31. The van der Waals surface area contributed by atoms with Crippen LogP contribution in [0.15, 0.2) is 24.5 Å². The maximum atomic E-state index is 10.8. The molecular weight excluding hydrogens is 236 g/mol. The van der Waals surface area contributed by atoms with Gasteiger partial charge < -0.3 is 5.11 Å². The molecule has 0 bridgehead atoms. The summed E-state index contributed by atoms with van der Waals surface area (Å²) < 4.78 is 0. The lowest BCUT2D eigenvalue weighted by atomic mass is 10.1. The minimum Gasteiger partial charge on any atom is -0.481 e. The quantitative estimate of drug-likeness (QED) is 0.902. The van der Waals surface area contributed by atoms with E-state index in [1.807, 2.05) is 19.1 Å². The van der Waals surface area contributed by atoms with E-state index in [9.17, 15) is 4.79 Å². The number of aliphatic carboxylic acids is 1. The van der Waals surface area contributed by atoms with Gasteiger partial charge in [0.15, 0.2) is 0 Å². The molecule has 2 heterocycles. The number of carboxylic acids is 1. The molecule has 0 radical (unpaired) electrons. The van der Waals surface area contributed by atoms with Gasteiger partial charge in [-0.3, -0.25) is 9.78 Å². The van der Waals surface area contributed by atoms with Crippen LogP contribution < -0.4 is 0 Å². The maximum Gasteiger partial charge on any atom is 0.308 e. The van der Waals surface area contributed by atoms with E-state index in [0.717, 1.165) is 27.6 Å². The highest BCUT2D eigenvalue weighted by molar-refractivity contribution is 7.12. The Labute approximate surface area is 103 Å². The number of thiazole rings is 1. The van der Waals surface area contributed by atoms with Crippen molar-refractivity contribution >= 4 is 17.3 Å². The predicted molar refractivity (Wildman–Crippen MR) is 66.1 cm³/mol. The molecule has 0 aliphatic carbocycles. The Morgan fingerprint density at radius 2 is 2.35 bits per heavy atom. The molecule has 17 heavy (non-hydrogen) atoms. The van der Waals surface area contributed by atoms with Gasteiger partial charge in [-0.15, -0.1) is 11.3 Å². The number of aryl methyl sites for hydroxylation is 1. The van der Waals surface area contributed by atoms with Crippen LogP contribution in [0.4, 0.5) is 0 Å². The summed E-state index contributed by atoms with van der Waals surface area (Å²) in [4.78, 5) is 20.1. The van der Waals surface area contributed by atoms with Crippen LogP contribution in [-0.2, 0) is 17.6 Å². The Hall–Kier alpha value is -1.75. The molecule has 4 nitrogen and oxygen atoms in total. The highest BCUT2D eigenvalue weighted by Gasteiger charge is 2.14. The van der Waals surface area contributed by atoms with Gasteiger partial charge in [-0.1, -0.05) is 6.92 Å². The molecule has 0 atom stereocenters. The second-order valence-corrected chi connectivity index (χ2v) is 4.71. The third kappa shape index (κ3) is 2.68. The number of hydrogen-bond donors (Lipinski definition) is 1. The van der Waals surface area contributed by atoms with Gasteiger partial charge >= 0.3 is 5.97 Å². The van der Waals surface area contributed by atoms with Gasteiger partial charge in [-0.25, -0.2) is 4.98 Å². The molecule has 0 fully saturated rings. The van der Waals surface area contributed by atoms with Crippen molar-refractivity contribution in [3.63, 3.8) is 0 Å². The molecule has 2 aromatic rings. The van der Waals surface area contributed by atoms with Gasteiger partial charge in [0.25, 0.3) is 0 Å². The molecule has 1 N–H and O–H groups in total. The molecule has 0 unspecified atom stereocenters. The van der Waals surface area contributed by atoms with Crippen LogP contribution in [0.2, 0.25) is 0 Å². The van der Waals surface area contributed by atoms with Crippen LogP contribution in [0.5, 0.6) is 0 Å². The average molecular weight is 248 g/mol. The zero-order valence-electron chi connectivity index (χ0n) is 9.38. The Bertz CT molecular complexity index is 523. The lowest BCUT2D eigenvalue weighted by molar-refractivity contribution is -0.136. The van der Waals surface area contributed by atoms with E-state index in [-0.39, 0.29) is 6.42 Å². The number of hydrogen-bond acceptors (Lipinski definition) is 4. The molecule has 0 aliphatic heterocycles. The molecule has 0 aromatic carbocycles. The molecule has 2 aromatic heterocycles. The fraction of sp³-hybridized carbons (Fsp3) is 0.250. The highest BCUT2D eigenvalue weighted by Crippen LogP contribution is 2.28. The number of rotatable bonds is 4. The van der Waals surface area contributed by atoms with Gasteiger partial charge in [0, 0.05) is 22.8 Å². The highest BCUT2D eigenvalue weighted by atomic mass is 32.1. The first-order valence-corrected chi connectivity index (χ1v) is 6.13. The van der Waals surface area contributed by atoms with Crippen molar-refractivity contribution in [2.75, 3.05) is 0 Å². The number of carboxylic acid groups (broad SMARTS) is 1. The number of pyridine rings is 1. The summed E-state index contributed by atoms with van der Waals surface area (Å²) in [6, 6.07) is 3.72. The SMILES string of the molecule is CCc1nc(-c2cccnc2)c(CC(=O)O)s1. The van der Waals surface area contributed by atoms with Gasteiger partial charge in [-0.05, 0) is 18.6 Å². The van der Waals surface area contributed by atoms with Crippen LogP contribution in [-0.4, -0.2) is 21.0 Å². The normalized spacial score (nSPS) is 10.4. The zero-order valence-corrected chi connectivity index (χ0v) is 10.2. The maximum absolute atomic E-state index is 10.8. The molecular formula is C12H12N2O2S. The van der Waals surface area contributed by atoms with E-state index >= 15 is 0 Å². The standard InChI is InChI=1S/C12H12N2O2S/c1-2-10-14-12(8-4-3-5-13-7-8)9(17-10)6-11(15)16/h3-5,7H,2,6H2,1H3,(H,15,16). The van der Waals surface area contributed by atoms with Crippen molar-refractivity contribution < 1.29 is 9.90 Å². The zero-order chi connectivity index (χ0) is 12.3. The molecule has 0 aliphatic rings. The predicted octanol–water partition coefficient (Wildman–Crippen LogP) is 2.39. The van der Waals surface area contributed by atoms with Crippen LogP contribution in [0.3, 0.4) is 0 Å². The van der Waals surface area contributed by atoms with E-state index in [1.54, 1.807) is 12.4 Å². The summed E-state index contributed by atoms with van der Waals surface area (Å²) in [6.07, 6.45) is 4.23. The number of nitrogens with zero attached hydrogens (tertiary/aromatic N) is 2. The summed E-state index contributed by atoms with van der Waals surface area (Å²) in [7, 11) is 0. The third-order valence-corrected chi connectivity index (χ3v) is 3.49. The van der Waals surface area contributed by atoms with Crippen LogP contribution >= 0.6 is 11.3 Å². The molecule has 0 amide bonds. The molecule has 2 rings (SSSR count). The summed E-state index contributed by atoms with van der Waals surface area (Å²) in [5.41, 5.74) is 1.63. The van der Waals surface area contributed by atoms with Crippen LogP contribution in [0, 0.1) is 0 Å². The Morgan fingerprint density at radius 3 is 2.94 bits per heavy atom. The minimum atomic E-state index is -0.832. The van der Waals surface area contributed by atoms with Crippen molar-refractivity contribution in [2.24, 2.45) is 0 Å². The monoisotopic (exact) mass is 248 g/mol. The summed E-state index contributed by atoms with van der Waals surface area (Å²) in [6.45, 7) is 2.01. The molecule has 5 heteroatoms. The van der Waals surface area contributed by atoms with Crippen molar-refractivity contribution in [3.05, 3.63) is 34.4 Å². The fourth-order valence-electron chi connectivity index (χ4n) is 1.54.